The molecule has 1 heterocycles. The van der Waals surface area contributed by atoms with Crippen molar-refractivity contribution in [2.75, 3.05) is 0 Å². The van der Waals surface area contributed by atoms with E-state index < -0.39 is 0 Å². The van der Waals surface area contributed by atoms with Gasteiger partial charge in [0.1, 0.15) is 0 Å². The summed E-state index contributed by atoms with van der Waals surface area (Å²) in [5.74, 6) is 0.982. The third-order valence-corrected chi connectivity index (χ3v) is 1.78. The maximum absolute atomic E-state index is 5.73. The smallest absolute Gasteiger partial charge is 0.168 e. The molecule has 0 amide bonds. The second-order valence-electron chi connectivity index (χ2n) is 2.81. The Morgan fingerprint density at radius 3 is 2.40 bits per heavy atom. The van der Waals surface area contributed by atoms with Crippen molar-refractivity contribution in [3.63, 3.8) is 0 Å². The van der Waals surface area contributed by atoms with Crippen molar-refractivity contribution >= 4 is 23.9 Å². The maximum atomic E-state index is 5.73. The first-order valence-electron chi connectivity index (χ1n) is 4.29. The first-order chi connectivity index (χ1) is 6.86. The van der Waals surface area contributed by atoms with Gasteiger partial charge in [-0.3, -0.25) is 0 Å². The van der Waals surface area contributed by atoms with Crippen LogP contribution in [0.25, 0.3) is 0 Å². The number of hydrogen-bond donors (Lipinski definition) is 1. The van der Waals surface area contributed by atoms with Gasteiger partial charge < -0.3 is 10.2 Å². The van der Waals surface area contributed by atoms with Crippen molar-refractivity contribution in [3.05, 3.63) is 54.5 Å². The van der Waals surface area contributed by atoms with Gasteiger partial charge in [-0.2, -0.15) is 0 Å². The second kappa shape index (κ2) is 5.22. The molecule has 0 fully saturated rings. The summed E-state index contributed by atoms with van der Waals surface area (Å²) < 4.78 is 5.11. The topological polar surface area (TPSA) is 51.5 Å². The maximum Gasteiger partial charge on any atom is 0.168 e. The minimum atomic E-state index is 0. The molecule has 15 heavy (non-hydrogen) atoms. The van der Waals surface area contributed by atoms with E-state index in [0.717, 1.165) is 5.69 Å². The number of nitrogens with two attached hydrogens (primary N) is 1. The predicted molar refractivity (Wildman–Crippen MR) is 62.8 cm³/mol. The largest absolute Gasteiger partial charge is 0.461 e. The zero-order chi connectivity index (χ0) is 9.80. The Labute approximate surface area is 94.0 Å². The van der Waals surface area contributed by atoms with Crippen LogP contribution in [0.5, 0.6) is 0 Å². The molecule has 0 aliphatic carbocycles. The lowest BCUT2D eigenvalue weighted by atomic mass is 10.3. The van der Waals surface area contributed by atoms with Crippen molar-refractivity contribution in [1.82, 2.24) is 0 Å². The Hall–Kier alpha value is -1.74. The molecule has 0 spiro atoms. The van der Waals surface area contributed by atoms with Gasteiger partial charge in [-0.15, -0.1) is 12.4 Å². The summed E-state index contributed by atoms with van der Waals surface area (Å²) in [6.45, 7) is 0. The van der Waals surface area contributed by atoms with E-state index in [1.54, 1.807) is 18.4 Å². The van der Waals surface area contributed by atoms with E-state index in [1.165, 1.54) is 0 Å². The molecule has 0 aliphatic rings. The fourth-order valence-electron chi connectivity index (χ4n) is 1.12. The predicted octanol–water partition coefficient (Wildman–Crippen LogP) is 2.74. The lowest BCUT2D eigenvalue weighted by molar-refractivity contribution is 0.557. The van der Waals surface area contributed by atoms with E-state index in [2.05, 4.69) is 4.99 Å². The van der Waals surface area contributed by atoms with Crippen LogP contribution in [0.1, 0.15) is 5.76 Å². The Morgan fingerprint density at radius 1 is 1.07 bits per heavy atom. The van der Waals surface area contributed by atoms with Gasteiger partial charge in [0.2, 0.25) is 0 Å². The highest BCUT2D eigenvalue weighted by atomic mass is 35.5. The zero-order valence-corrected chi connectivity index (χ0v) is 8.78. The molecule has 0 radical (unpaired) electrons. The molecule has 0 atom stereocenters. The summed E-state index contributed by atoms with van der Waals surface area (Å²) in [5.41, 5.74) is 6.55. The number of halogens is 1. The molecule has 0 aliphatic heterocycles. The molecular weight excluding hydrogens is 212 g/mol. The van der Waals surface area contributed by atoms with Gasteiger partial charge in [0.15, 0.2) is 11.6 Å². The van der Waals surface area contributed by atoms with Crippen LogP contribution in [-0.2, 0) is 0 Å². The fraction of sp³-hybridized carbons (Fsp3) is 0. The summed E-state index contributed by atoms with van der Waals surface area (Å²) in [6, 6.07) is 13.1. The highest BCUT2D eigenvalue weighted by Crippen LogP contribution is 2.11. The van der Waals surface area contributed by atoms with Crippen LogP contribution in [0.3, 0.4) is 0 Å². The van der Waals surface area contributed by atoms with Crippen LogP contribution in [0, 0.1) is 0 Å². The van der Waals surface area contributed by atoms with Crippen LogP contribution < -0.4 is 5.73 Å². The quantitative estimate of drug-likeness (QED) is 0.628. The molecule has 0 unspecified atom stereocenters. The average Bonchev–Trinajstić information content (AvgIpc) is 2.72. The van der Waals surface area contributed by atoms with Crippen molar-refractivity contribution in [3.8, 4) is 0 Å². The molecule has 78 valence electrons. The van der Waals surface area contributed by atoms with Crippen LogP contribution in [-0.4, -0.2) is 5.84 Å². The average molecular weight is 223 g/mol. The molecule has 4 heteroatoms. The highest BCUT2D eigenvalue weighted by molar-refractivity contribution is 5.96. The Balaban J connectivity index is 0.00000112. The van der Waals surface area contributed by atoms with Crippen LogP contribution in [0.4, 0.5) is 5.69 Å². The van der Waals surface area contributed by atoms with Gasteiger partial charge in [0, 0.05) is 0 Å². The van der Waals surface area contributed by atoms with Crippen molar-refractivity contribution in [1.29, 1.82) is 0 Å². The van der Waals surface area contributed by atoms with Crippen LogP contribution >= 0.6 is 12.4 Å². The summed E-state index contributed by atoms with van der Waals surface area (Å²) in [4.78, 5) is 4.20. The molecule has 2 aromatic rings. The molecule has 0 saturated heterocycles. The Kier molecular flexibility index (Phi) is 3.94. The molecule has 0 bridgehead atoms. The van der Waals surface area contributed by atoms with Crippen molar-refractivity contribution < 1.29 is 4.42 Å². The third-order valence-electron chi connectivity index (χ3n) is 1.78. The zero-order valence-electron chi connectivity index (χ0n) is 7.96. The number of aliphatic imine (C=N–C) groups is 1. The molecule has 1 aromatic carbocycles. The van der Waals surface area contributed by atoms with E-state index in [-0.39, 0.29) is 12.4 Å². The lowest BCUT2D eigenvalue weighted by Gasteiger charge is -1.95. The number of nitrogens with zero attached hydrogens (tertiary/aromatic N) is 1. The minimum absolute atomic E-state index is 0. The fourth-order valence-corrected chi connectivity index (χ4v) is 1.12. The third kappa shape index (κ3) is 2.86. The summed E-state index contributed by atoms with van der Waals surface area (Å²) in [7, 11) is 0. The normalized spacial score (nSPS) is 10.8. The number of benzene rings is 1. The molecule has 1 aromatic heterocycles. The first kappa shape index (κ1) is 11.3. The van der Waals surface area contributed by atoms with Crippen molar-refractivity contribution in [2.45, 2.75) is 0 Å². The SMILES string of the molecule is Cl.NC(=Nc1ccccc1)c1ccco1. The number of amidine groups is 1. The van der Waals surface area contributed by atoms with E-state index >= 15 is 0 Å². The van der Waals surface area contributed by atoms with Crippen LogP contribution in [0.2, 0.25) is 0 Å². The van der Waals surface area contributed by atoms with E-state index in [0.29, 0.717) is 11.6 Å². The van der Waals surface area contributed by atoms with E-state index in [9.17, 15) is 0 Å². The lowest BCUT2D eigenvalue weighted by Crippen LogP contribution is -2.11. The highest BCUT2D eigenvalue weighted by Gasteiger charge is 2.00. The minimum Gasteiger partial charge on any atom is -0.461 e. The standard InChI is InChI=1S/C11H10N2O.ClH/c12-11(10-7-4-8-14-10)13-9-5-2-1-3-6-9;/h1-8H,(H2,12,13);1H. The monoisotopic (exact) mass is 222 g/mol. The molecule has 2 rings (SSSR count). The van der Waals surface area contributed by atoms with E-state index in [4.69, 9.17) is 10.2 Å². The Morgan fingerprint density at radius 2 is 1.80 bits per heavy atom. The summed E-state index contributed by atoms with van der Waals surface area (Å²) in [6.07, 6.45) is 1.57. The molecule has 3 nitrogen and oxygen atoms in total. The van der Waals surface area contributed by atoms with Crippen LogP contribution in [0.15, 0.2) is 58.1 Å². The second-order valence-corrected chi connectivity index (χ2v) is 2.81. The summed E-state index contributed by atoms with van der Waals surface area (Å²) >= 11 is 0. The van der Waals surface area contributed by atoms with Gasteiger partial charge in [0.25, 0.3) is 0 Å². The molecular formula is C11H11ClN2O. The van der Waals surface area contributed by atoms with Gasteiger partial charge in [0.05, 0.1) is 12.0 Å². The van der Waals surface area contributed by atoms with Gasteiger partial charge in [-0.1, -0.05) is 18.2 Å². The number of rotatable bonds is 2. The van der Waals surface area contributed by atoms with Gasteiger partial charge >= 0.3 is 0 Å². The number of hydrogen-bond acceptors (Lipinski definition) is 2. The summed E-state index contributed by atoms with van der Waals surface area (Å²) in [5, 5.41) is 0. The molecule has 2 N–H and O–H groups in total. The number of para-hydroxylation sites is 1. The van der Waals surface area contributed by atoms with Gasteiger partial charge in [-0.25, -0.2) is 4.99 Å². The number of furan rings is 1. The van der Waals surface area contributed by atoms with Gasteiger partial charge in [-0.05, 0) is 24.3 Å². The molecule has 0 saturated carbocycles. The first-order valence-corrected chi connectivity index (χ1v) is 4.29. The van der Waals surface area contributed by atoms with Crippen molar-refractivity contribution in [2.24, 2.45) is 10.7 Å². The Bertz CT molecular complexity index is 423. The van der Waals surface area contributed by atoms with E-state index in [1.807, 2.05) is 30.3 Å².